The van der Waals surface area contributed by atoms with Gasteiger partial charge in [0.15, 0.2) is 0 Å². The molecule has 0 atom stereocenters. The Labute approximate surface area is 180 Å². The highest BCUT2D eigenvalue weighted by Gasteiger charge is 2.22. The van der Waals surface area contributed by atoms with E-state index in [1.807, 2.05) is 6.92 Å². The number of fused-ring (bicyclic) bond motifs is 1. The molecule has 0 unspecified atom stereocenters. The molecular weight excluding hydrogens is 414 g/mol. The lowest BCUT2D eigenvalue weighted by Crippen LogP contribution is -2.23. The highest BCUT2D eigenvalue weighted by Crippen LogP contribution is 2.30. The monoisotopic (exact) mass is 435 g/mol. The number of nitrogens with zero attached hydrogens (tertiary/aromatic N) is 1. The zero-order valence-electron chi connectivity index (χ0n) is 17.0. The maximum absolute atomic E-state index is 13.1. The van der Waals surface area contributed by atoms with E-state index in [4.69, 9.17) is 4.74 Å². The molecule has 2 N–H and O–H groups in total. The summed E-state index contributed by atoms with van der Waals surface area (Å²) in [7, 11) is -2.29. The van der Waals surface area contributed by atoms with E-state index in [2.05, 4.69) is 15.3 Å². The van der Waals surface area contributed by atoms with E-state index in [0.717, 1.165) is 22.0 Å². The van der Waals surface area contributed by atoms with E-state index >= 15 is 0 Å². The van der Waals surface area contributed by atoms with Gasteiger partial charge in [-0.05, 0) is 54.4 Å². The number of methoxy groups -OCH3 is 1. The first kappa shape index (κ1) is 20.6. The van der Waals surface area contributed by atoms with Crippen molar-refractivity contribution in [3.05, 3.63) is 83.8 Å². The van der Waals surface area contributed by atoms with Crippen molar-refractivity contribution in [2.45, 2.75) is 23.3 Å². The van der Waals surface area contributed by atoms with E-state index in [1.165, 1.54) is 19.2 Å². The molecule has 0 aliphatic carbocycles. The number of aryl methyl sites for hydroxylation is 1. The number of sulfone groups is 1. The average molecular weight is 436 g/mol. The summed E-state index contributed by atoms with van der Waals surface area (Å²) < 4.78 is 31.3. The van der Waals surface area contributed by atoms with Gasteiger partial charge in [-0.1, -0.05) is 18.2 Å². The van der Waals surface area contributed by atoms with Gasteiger partial charge in [0.25, 0.3) is 5.91 Å². The summed E-state index contributed by atoms with van der Waals surface area (Å²) in [4.78, 5) is 19.8. The molecule has 2 aromatic heterocycles. The number of rotatable bonds is 6. The SMILES string of the molecule is COc1ccc(C)cc1S(=O)(=O)c1ccc(CNC(=O)c2cc3cnccc3[nH]2)cc1. The molecule has 4 rings (SSSR count). The van der Waals surface area contributed by atoms with Gasteiger partial charge >= 0.3 is 0 Å². The predicted molar refractivity (Wildman–Crippen MR) is 117 cm³/mol. The number of ether oxygens (including phenoxy) is 1. The van der Waals surface area contributed by atoms with E-state index in [-0.39, 0.29) is 22.2 Å². The van der Waals surface area contributed by atoms with Crippen LogP contribution in [-0.4, -0.2) is 31.4 Å². The largest absolute Gasteiger partial charge is 0.495 e. The van der Waals surface area contributed by atoms with Crippen molar-refractivity contribution in [2.24, 2.45) is 0 Å². The van der Waals surface area contributed by atoms with E-state index in [9.17, 15) is 13.2 Å². The minimum atomic E-state index is -3.73. The van der Waals surface area contributed by atoms with Crippen LogP contribution in [0.4, 0.5) is 0 Å². The summed E-state index contributed by atoms with van der Waals surface area (Å²) >= 11 is 0. The van der Waals surface area contributed by atoms with Crippen LogP contribution in [0.5, 0.6) is 5.75 Å². The number of amides is 1. The van der Waals surface area contributed by atoms with Gasteiger partial charge in [-0.15, -0.1) is 0 Å². The molecule has 0 saturated carbocycles. The molecule has 2 aromatic carbocycles. The topological polar surface area (TPSA) is 101 Å². The molecule has 0 radical (unpaired) electrons. The van der Waals surface area contributed by atoms with Crippen LogP contribution < -0.4 is 10.1 Å². The second-order valence-electron chi connectivity index (χ2n) is 7.13. The maximum Gasteiger partial charge on any atom is 0.267 e. The molecule has 8 heteroatoms. The molecule has 1 amide bonds. The lowest BCUT2D eigenvalue weighted by molar-refractivity contribution is 0.0946. The quantitative estimate of drug-likeness (QED) is 0.482. The average Bonchev–Trinajstić information content (AvgIpc) is 3.22. The summed E-state index contributed by atoms with van der Waals surface area (Å²) in [6.45, 7) is 2.09. The minimum Gasteiger partial charge on any atom is -0.495 e. The van der Waals surface area contributed by atoms with Crippen molar-refractivity contribution in [3.8, 4) is 5.75 Å². The third-order valence-electron chi connectivity index (χ3n) is 4.96. The van der Waals surface area contributed by atoms with Crippen LogP contribution in [-0.2, 0) is 16.4 Å². The van der Waals surface area contributed by atoms with Crippen LogP contribution in [0, 0.1) is 6.92 Å². The summed E-state index contributed by atoms with van der Waals surface area (Å²) in [5, 5.41) is 3.69. The first-order valence-corrected chi connectivity index (χ1v) is 11.1. The molecule has 0 spiro atoms. The number of carbonyl (C=O) groups excluding carboxylic acids is 1. The second kappa shape index (κ2) is 8.23. The zero-order valence-corrected chi connectivity index (χ0v) is 17.9. The number of nitrogens with one attached hydrogen (secondary N) is 2. The number of carbonyl (C=O) groups is 1. The van der Waals surface area contributed by atoms with Crippen LogP contribution in [0.15, 0.2) is 76.8 Å². The fraction of sp³-hybridized carbons (Fsp3) is 0.130. The number of pyridine rings is 1. The van der Waals surface area contributed by atoms with Gasteiger partial charge in [0.2, 0.25) is 9.84 Å². The van der Waals surface area contributed by atoms with Crippen LogP contribution in [0.3, 0.4) is 0 Å². The third-order valence-corrected chi connectivity index (χ3v) is 6.75. The normalized spacial score (nSPS) is 11.4. The van der Waals surface area contributed by atoms with Crippen molar-refractivity contribution in [2.75, 3.05) is 7.11 Å². The fourth-order valence-electron chi connectivity index (χ4n) is 3.28. The highest BCUT2D eigenvalue weighted by atomic mass is 32.2. The van der Waals surface area contributed by atoms with Crippen molar-refractivity contribution in [1.29, 1.82) is 0 Å². The Morgan fingerprint density at radius 1 is 1.10 bits per heavy atom. The van der Waals surface area contributed by atoms with Crippen LogP contribution in [0.2, 0.25) is 0 Å². The molecule has 0 bridgehead atoms. The Morgan fingerprint density at radius 2 is 1.87 bits per heavy atom. The van der Waals surface area contributed by atoms with Crippen LogP contribution in [0.1, 0.15) is 21.6 Å². The van der Waals surface area contributed by atoms with Gasteiger partial charge in [0, 0.05) is 29.8 Å². The van der Waals surface area contributed by atoms with E-state index in [1.54, 1.807) is 54.9 Å². The Bertz CT molecular complexity index is 1330. The third kappa shape index (κ3) is 4.15. The molecule has 7 nitrogen and oxygen atoms in total. The van der Waals surface area contributed by atoms with Crippen molar-refractivity contribution < 1.29 is 17.9 Å². The van der Waals surface area contributed by atoms with Gasteiger partial charge in [0.1, 0.15) is 16.3 Å². The molecule has 0 aliphatic rings. The number of aromatic nitrogens is 2. The number of benzene rings is 2. The van der Waals surface area contributed by atoms with Crippen LogP contribution in [0.25, 0.3) is 10.9 Å². The molecule has 2 heterocycles. The lowest BCUT2D eigenvalue weighted by Gasteiger charge is -2.11. The summed E-state index contributed by atoms with van der Waals surface area (Å²) in [5.74, 6) is 0.0490. The summed E-state index contributed by atoms with van der Waals surface area (Å²) in [6, 6.07) is 15.0. The first-order chi connectivity index (χ1) is 14.9. The van der Waals surface area contributed by atoms with Crippen molar-refractivity contribution in [3.63, 3.8) is 0 Å². The Morgan fingerprint density at radius 3 is 2.58 bits per heavy atom. The van der Waals surface area contributed by atoms with Gasteiger partial charge in [-0.25, -0.2) is 8.42 Å². The molecule has 0 aliphatic heterocycles. The number of hydrogen-bond acceptors (Lipinski definition) is 5. The molecule has 158 valence electrons. The van der Waals surface area contributed by atoms with E-state index in [0.29, 0.717) is 11.4 Å². The summed E-state index contributed by atoms with van der Waals surface area (Å²) in [5.41, 5.74) is 2.88. The Hall–Kier alpha value is -3.65. The van der Waals surface area contributed by atoms with Crippen LogP contribution >= 0.6 is 0 Å². The smallest absolute Gasteiger partial charge is 0.267 e. The molecule has 0 fully saturated rings. The molecule has 31 heavy (non-hydrogen) atoms. The zero-order chi connectivity index (χ0) is 22.0. The fourth-order valence-corrected chi connectivity index (χ4v) is 4.79. The Balaban J connectivity index is 1.49. The minimum absolute atomic E-state index is 0.129. The number of H-pyrrole nitrogens is 1. The number of hydrogen-bond donors (Lipinski definition) is 2. The second-order valence-corrected chi connectivity index (χ2v) is 9.05. The Kier molecular flexibility index (Phi) is 5.48. The lowest BCUT2D eigenvalue weighted by atomic mass is 10.2. The first-order valence-electron chi connectivity index (χ1n) is 9.58. The summed E-state index contributed by atoms with van der Waals surface area (Å²) in [6.07, 6.45) is 3.34. The van der Waals surface area contributed by atoms with Gasteiger partial charge in [0.05, 0.1) is 12.0 Å². The molecular formula is C23H21N3O4S. The predicted octanol–water partition coefficient (Wildman–Crippen LogP) is 3.64. The van der Waals surface area contributed by atoms with Crippen molar-refractivity contribution >= 4 is 26.6 Å². The maximum atomic E-state index is 13.1. The van der Waals surface area contributed by atoms with Gasteiger partial charge in [-0.2, -0.15) is 0 Å². The van der Waals surface area contributed by atoms with Gasteiger partial charge < -0.3 is 15.0 Å². The van der Waals surface area contributed by atoms with E-state index < -0.39 is 9.84 Å². The molecule has 4 aromatic rings. The van der Waals surface area contributed by atoms with Crippen molar-refractivity contribution in [1.82, 2.24) is 15.3 Å². The highest BCUT2D eigenvalue weighted by molar-refractivity contribution is 7.91. The number of aromatic amines is 1. The van der Waals surface area contributed by atoms with Gasteiger partial charge in [-0.3, -0.25) is 9.78 Å². The standard InChI is InChI=1S/C23H21N3O4S/c1-15-3-8-21(30-2)22(11-15)31(28,29)18-6-4-16(5-7-18)13-25-23(27)20-12-17-14-24-10-9-19(17)26-20/h3-12,14,26H,13H2,1-2H3,(H,25,27). The molecule has 0 saturated heterocycles.